The van der Waals surface area contributed by atoms with Gasteiger partial charge in [-0.3, -0.25) is 0 Å². The molecule has 0 unspecified atom stereocenters. The summed E-state index contributed by atoms with van der Waals surface area (Å²) in [6.07, 6.45) is 6.83. The summed E-state index contributed by atoms with van der Waals surface area (Å²) in [7, 11) is 0. The molecule has 20 heavy (non-hydrogen) atoms. The van der Waals surface area contributed by atoms with Gasteiger partial charge in [0.05, 0.1) is 17.8 Å². The number of rotatable bonds is 6. The van der Waals surface area contributed by atoms with Crippen LogP contribution in [0.4, 0.5) is 0 Å². The molecule has 2 aromatic rings. The highest BCUT2D eigenvalue weighted by Crippen LogP contribution is 2.28. The predicted molar refractivity (Wildman–Crippen MR) is 81.5 cm³/mol. The molecule has 1 aromatic heterocycles. The van der Waals surface area contributed by atoms with E-state index in [1.807, 2.05) is 6.07 Å². The van der Waals surface area contributed by atoms with Crippen molar-refractivity contribution >= 4 is 35.2 Å². The summed E-state index contributed by atoms with van der Waals surface area (Å²) in [6, 6.07) is 5.30. The van der Waals surface area contributed by atoms with E-state index in [1.165, 1.54) is 6.33 Å². The zero-order valence-corrected chi connectivity index (χ0v) is 12.6. The van der Waals surface area contributed by atoms with Gasteiger partial charge in [-0.1, -0.05) is 36.5 Å². The lowest BCUT2D eigenvalue weighted by molar-refractivity contribution is 0.271. The van der Waals surface area contributed by atoms with Crippen LogP contribution in [-0.4, -0.2) is 21.4 Å². The van der Waals surface area contributed by atoms with E-state index in [9.17, 15) is 0 Å². The summed E-state index contributed by atoms with van der Waals surface area (Å²) in [5, 5.41) is 5.17. The van der Waals surface area contributed by atoms with Gasteiger partial charge in [0.25, 0.3) is 0 Å². The SMILES string of the molecule is CCCCO/C(=C\n1cncn1)c1ccc(Cl)cc1Cl. The second-order valence-corrected chi connectivity index (χ2v) is 5.04. The molecule has 1 heterocycles. The minimum atomic E-state index is 0.542. The second kappa shape index (κ2) is 7.31. The normalized spacial score (nSPS) is 11.7. The molecule has 0 bridgehead atoms. The average molecular weight is 312 g/mol. The molecule has 0 fully saturated rings. The molecule has 0 saturated carbocycles. The minimum Gasteiger partial charge on any atom is -0.491 e. The Labute approximate surface area is 128 Å². The van der Waals surface area contributed by atoms with Crippen molar-refractivity contribution in [3.63, 3.8) is 0 Å². The van der Waals surface area contributed by atoms with Gasteiger partial charge in [-0.15, -0.1) is 0 Å². The van der Waals surface area contributed by atoms with Gasteiger partial charge in [-0.05, 0) is 24.6 Å². The number of ether oxygens (including phenoxy) is 1. The zero-order valence-electron chi connectivity index (χ0n) is 11.1. The van der Waals surface area contributed by atoms with E-state index < -0.39 is 0 Å². The van der Waals surface area contributed by atoms with Gasteiger partial charge in [-0.2, -0.15) is 5.10 Å². The highest BCUT2D eigenvalue weighted by atomic mass is 35.5. The largest absolute Gasteiger partial charge is 0.491 e. The third kappa shape index (κ3) is 3.99. The molecule has 4 nitrogen and oxygen atoms in total. The Morgan fingerprint density at radius 3 is 2.90 bits per heavy atom. The fourth-order valence-electron chi connectivity index (χ4n) is 1.60. The van der Waals surface area contributed by atoms with Crippen molar-refractivity contribution in [2.75, 3.05) is 6.61 Å². The topological polar surface area (TPSA) is 39.9 Å². The number of halogens is 2. The van der Waals surface area contributed by atoms with Crippen molar-refractivity contribution in [1.82, 2.24) is 14.8 Å². The first-order chi connectivity index (χ1) is 9.70. The Bertz CT molecular complexity index is 582. The number of hydrogen-bond acceptors (Lipinski definition) is 3. The first kappa shape index (κ1) is 14.9. The monoisotopic (exact) mass is 311 g/mol. The van der Waals surface area contributed by atoms with Crippen LogP contribution >= 0.6 is 23.2 Å². The molecule has 0 N–H and O–H groups in total. The smallest absolute Gasteiger partial charge is 0.146 e. The molecule has 6 heteroatoms. The van der Waals surface area contributed by atoms with Crippen LogP contribution in [0.3, 0.4) is 0 Å². The average Bonchev–Trinajstić information content (AvgIpc) is 2.91. The van der Waals surface area contributed by atoms with Gasteiger partial charge in [-0.25, -0.2) is 9.67 Å². The molecule has 0 radical (unpaired) electrons. The lowest BCUT2D eigenvalue weighted by atomic mass is 10.2. The number of benzene rings is 1. The Hall–Kier alpha value is -1.52. The molecule has 0 aliphatic rings. The second-order valence-electron chi connectivity index (χ2n) is 4.20. The molecular formula is C14H15Cl2N3O. The summed E-state index contributed by atoms with van der Waals surface area (Å²) in [6.45, 7) is 2.73. The highest BCUT2D eigenvalue weighted by molar-refractivity contribution is 6.35. The van der Waals surface area contributed by atoms with E-state index in [-0.39, 0.29) is 0 Å². The van der Waals surface area contributed by atoms with Crippen molar-refractivity contribution < 1.29 is 4.74 Å². The van der Waals surface area contributed by atoms with E-state index in [0.717, 1.165) is 18.4 Å². The maximum Gasteiger partial charge on any atom is 0.146 e. The van der Waals surface area contributed by atoms with Crippen LogP contribution in [-0.2, 0) is 4.74 Å². The fourth-order valence-corrected chi connectivity index (χ4v) is 2.11. The molecule has 1 aromatic carbocycles. The minimum absolute atomic E-state index is 0.542. The number of nitrogens with zero attached hydrogens (tertiary/aromatic N) is 3. The maximum absolute atomic E-state index is 6.23. The maximum atomic E-state index is 6.23. The van der Waals surface area contributed by atoms with Crippen LogP contribution in [0.25, 0.3) is 12.0 Å². The van der Waals surface area contributed by atoms with Crippen molar-refractivity contribution in [2.45, 2.75) is 19.8 Å². The molecule has 0 spiro atoms. The Morgan fingerprint density at radius 1 is 1.40 bits per heavy atom. The van der Waals surface area contributed by atoms with E-state index in [1.54, 1.807) is 29.3 Å². The summed E-state index contributed by atoms with van der Waals surface area (Å²) < 4.78 is 7.38. The fraction of sp³-hybridized carbons (Fsp3) is 0.286. The van der Waals surface area contributed by atoms with Gasteiger partial charge in [0, 0.05) is 10.6 Å². The summed E-state index contributed by atoms with van der Waals surface area (Å²) in [4.78, 5) is 3.90. The highest BCUT2D eigenvalue weighted by Gasteiger charge is 2.09. The van der Waals surface area contributed by atoms with Gasteiger partial charge >= 0.3 is 0 Å². The van der Waals surface area contributed by atoms with Crippen LogP contribution in [0.2, 0.25) is 10.0 Å². The molecule has 0 aliphatic heterocycles. The quantitative estimate of drug-likeness (QED) is 0.588. The summed E-state index contributed by atoms with van der Waals surface area (Å²) in [5.74, 6) is 0.644. The van der Waals surface area contributed by atoms with Crippen molar-refractivity contribution in [1.29, 1.82) is 0 Å². The molecule has 106 valence electrons. The van der Waals surface area contributed by atoms with Gasteiger partial charge in [0.2, 0.25) is 0 Å². The van der Waals surface area contributed by atoms with Crippen LogP contribution in [0, 0.1) is 0 Å². The van der Waals surface area contributed by atoms with E-state index in [0.29, 0.717) is 22.4 Å². The Kier molecular flexibility index (Phi) is 5.44. The Balaban J connectivity index is 2.30. The van der Waals surface area contributed by atoms with E-state index in [2.05, 4.69) is 17.0 Å². The molecule has 0 amide bonds. The molecule has 0 saturated heterocycles. The number of hydrogen-bond donors (Lipinski definition) is 0. The lowest BCUT2D eigenvalue weighted by Crippen LogP contribution is -1.98. The van der Waals surface area contributed by atoms with Crippen LogP contribution in [0.15, 0.2) is 30.9 Å². The molecule has 0 aliphatic carbocycles. The third-order valence-corrected chi connectivity index (χ3v) is 3.19. The number of unbranched alkanes of at least 4 members (excludes halogenated alkanes) is 1. The zero-order chi connectivity index (χ0) is 14.4. The van der Waals surface area contributed by atoms with Gasteiger partial charge in [0.15, 0.2) is 0 Å². The lowest BCUT2D eigenvalue weighted by Gasteiger charge is -2.12. The van der Waals surface area contributed by atoms with Crippen molar-refractivity contribution in [2.24, 2.45) is 0 Å². The number of aromatic nitrogens is 3. The van der Waals surface area contributed by atoms with Crippen molar-refractivity contribution in [3.05, 3.63) is 46.5 Å². The predicted octanol–water partition coefficient (Wildman–Crippen LogP) is 4.36. The van der Waals surface area contributed by atoms with Gasteiger partial charge in [0.1, 0.15) is 18.4 Å². The van der Waals surface area contributed by atoms with E-state index >= 15 is 0 Å². The Morgan fingerprint density at radius 2 is 2.25 bits per heavy atom. The molecule has 0 atom stereocenters. The first-order valence-electron chi connectivity index (χ1n) is 6.35. The third-order valence-electron chi connectivity index (χ3n) is 2.64. The molecular weight excluding hydrogens is 297 g/mol. The summed E-state index contributed by atoms with van der Waals surface area (Å²) in [5.41, 5.74) is 0.780. The molecule has 2 rings (SSSR count). The van der Waals surface area contributed by atoms with Crippen molar-refractivity contribution in [3.8, 4) is 0 Å². The van der Waals surface area contributed by atoms with Crippen LogP contribution < -0.4 is 0 Å². The first-order valence-corrected chi connectivity index (χ1v) is 7.10. The van der Waals surface area contributed by atoms with Crippen LogP contribution in [0.5, 0.6) is 0 Å². The van der Waals surface area contributed by atoms with E-state index in [4.69, 9.17) is 27.9 Å². The van der Waals surface area contributed by atoms with Crippen LogP contribution in [0.1, 0.15) is 25.3 Å². The summed E-state index contributed by atoms with van der Waals surface area (Å²) >= 11 is 12.1. The standard InChI is InChI=1S/C14H15Cl2N3O/c1-2-3-6-20-14(8-19-10-17-9-18-19)12-5-4-11(15)7-13(12)16/h4-5,7-10H,2-3,6H2,1H3/b14-8-. The van der Waals surface area contributed by atoms with Gasteiger partial charge < -0.3 is 4.74 Å².